The molecule has 0 aromatic rings. The van der Waals surface area contributed by atoms with E-state index in [0.29, 0.717) is 6.61 Å². The lowest BCUT2D eigenvalue weighted by atomic mass is 10.1. The molecule has 1 fully saturated rings. The van der Waals surface area contributed by atoms with Crippen molar-refractivity contribution in [2.45, 2.75) is 25.4 Å². The molecule has 0 aliphatic carbocycles. The molecular formula is C9H14O3. The first-order valence-electron chi connectivity index (χ1n) is 4.09. The molecule has 1 aliphatic heterocycles. The highest BCUT2D eigenvalue weighted by molar-refractivity contribution is 5.81. The van der Waals surface area contributed by atoms with E-state index in [1.54, 1.807) is 0 Å². The van der Waals surface area contributed by atoms with Gasteiger partial charge in [-0.25, -0.2) is 4.79 Å². The van der Waals surface area contributed by atoms with Crippen LogP contribution in [0.5, 0.6) is 0 Å². The second-order valence-corrected chi connectivity index (χ2v) is 3.21. The summed E-state index contributed by atoms with van der Waals surface area (Å²) in [4.78, 5) is 10.7. The topological polar surface area (TPSA) is 35.5 Å². The zero-order valence-corrected chi connectivity index (χ0v) is 7.34. The van der Waals surface area contributed by atoms with Crippen LogP contribution in [-0.4, -0.2) is 24.8 Å². The zero-order valence-electron chi connectivity index (χ0n) is 7.34. The van der Waals surface area contributed by atoms with E-state index >= 15 is 0 Å². The number of esters is 1. The van der Waals surface area contributed by atoms with Gasteiger partial charge < -0.3 is 9.47 Å². The molecule has 1 atom stereocenters. The molecule has 0 spiro atoms. The summed E-state index contributed by atoms with van der Waals surface area (Å²) < 4.78 is 10.3. The van der Waals surface area contributed by atoms with Crippen LogP contribution >= 0.6 is 0 Å². The lowest BCUT2D eigenvalue weighted by Gasteiger charge is -2.21. The summed E-state index contributed by atoms with van der Waals surface area (Å²) in [5, 5.41) is 0. The maximum absolute atomic E-state index is 10.7. The first kappa shape index (κ1) is 9.26. The Hall–Kier alpha value is -0.830. The van der Waals surface area contributed by atoms with Gasteiger partial charge in [0.15, 0.2) is 0 Å². The van der Waals surface area contributed by atoms with Crippen molar-refractivity contribution in [2.24, 2.45) is 0 Å². The molecule has 0 amide bonds. The van der Waals surface area contributed by atoms with Crippen LogP contribution in [0.15, 0.2) is 12.7 Å². The molecule has 0 saturated carbocycles. The molecule has 0 aromatic carbocycles. The number of hydrogen-bond acceptors (Lipinski definition) is 3. The van der Waals surface area contributed by atoms with Gasteiger partial charge in [0.05, 0.1) is 5.60 Å². The summed E-state index contributed by atoms with van der Waals surface area (Å²) in [6.07, 6.45) is 3.16. The molecule has 0 aromatic heterocycles. The molecule has 0 radical (unpaired) electrons. The van der Waals surface area contributed by atoms with E-state index in [1.165, 1.54) is 0 Å². The minimum Gasteiger partial charge on any atom is -0.459 e. The smallest absolute Gasteiger partial charge is 0.330 e. The quantitative estimate of drug-likeness (QED) is 0.473. The zero-order chi connectivity index (χ0) is 9.03. The van der Waals surface area contributed by atoms with Crippen molar-refractivity contribution in [3.05, 3.63) is 12.7 Å². The Morgan fingerprint density at radius 2 is 2.58 bits per heavy atom. The van der Waals surface area contributed by atoms with Crippen molar-refractivity contribution in [3.8, 4) is 0 Å². The summed E-state index contributed by atoms with van der Waals surface area (Å²) >= 11 is 0. The molecule has 0 N–H and O–H groups in total. The molecule has 0 bridgehead atoms. The Kier molecular flexibility index (Phi) is 2.87. The third kappa shape index (κ3) is 2.34. The summed E-state index contributed by atoms with van der Waals surface area (Å²) in [5.74, 6) is -0.383. The van der Waals surface area contributed by atoms with Crippen molar-refractivity contribution in [1.29, 1.82) is 0 Å². The van der Waals surface area contributed by atoms with Gasteiger partial charge in [0, 0.05) is 12.7 Å². The number of hydrogen-bond donors (Lipinski definition) is 0. The van der Waals surface area contributed by atoms with Crippen LogP contribution in [0.4, 0.5) is 0 Å². The molecule has 12 heavy (non-hydrogen) atoms. The molecule has 1 unspecified atom stereocenters. The van der Waals surface area contributed by atoms with Gasteiger partial charge in [0.2, 0.25) is 0 Å². The monoisotopic (exact) mass is 170 g/mol. The van der Waals surface area contributed by atoms with E-state index in [2.05, 4.69) is 6.58 Å². The number of carbonyl (C=O) groups excluding carboxylic acids is 1. The third-order valence-corrected chi connectivity index (χ3v) is 1.99. The molecule has 1 heterocycles. The second-order valence-electron chi connectivity index (χ2n) is 3.21. The summed E-state index contributed by atoms with van der Waals surface area (Å²) in [6.45, 7) is 6.37. The van der Waals surface area contributed by atoms with Crippen molar-refractivity contribution in [2.75, 3.05) is 13.2 Å². The van der Waals surface area contributed by atoms with Crippen LogP contribution in [-0.2, 0) is 14.3 Å². The Morgan fingerprint density at radius 3 is 3.08 bits per heavy atom. The van der Waals surface area contributed by atoms with E-state index in [4.69, 9.17) is 9.47 Å². The molecular weight excluding hydrogens is 156 g/mol. The Balaban J connectivity index is 2.30. The minimum absolute atomic E-state index is 0.265. The number of rotatable bonds is 3. The SMILES string of the molecule is C=CC(=O)OCC1(C)CCCO1. The average molecular weight is 170 g/mol. The molecule has 3 heteroatoms. The third-order valence-electron chi connectivity index (χ3n) is 1.99. The highest BCUT2D eigenvalue weighted by Gasteiger charge is 2.30. The first-order valence-corrected chi connectivity index (χ1v) is 4.09. The summed E-state index contributed by atoms with van der Waals surface area (Å²) in [5.41, 5.74) is -0.265. The van der Waals surface area contributed by atoms with Gasteiger partial charge in [0.1, 0.15) is 6.61 Å². The van der Waals surface area contributed by atoms with Crippen LogP contribution in [0.3, 0.4) is 0 Å². The van der Waals surface area contributed by atoms with Crippen molar-refractivity contribution in [3.63, 3.8) is 0 Å². The van der Waals surface area contributed by atoms with Crippen LogP contribution in [0, 0.1) is 0 Å². The molecule has 1 rings (SSSR count). The predicted molar refractivity (Wildman–Crippen MR) is 44.7 cm³/mol. The fraction of sp³-hybridized carbons (Fsp3) is 0.667. The van der Waals surface area contributed by atoms with Gasteiger partial charge in [-0.2, -0.15) is 0 Å². The predicted octanol–water partition coefficient (Wildman–Crippen LogP) is 1.28. The van der Waals surface area contributed by atoms with Crippen molar-refractivity contribution in [1.82, 2.24) is 0 Å². The van der Waals surface area contributed by atoms with Gasteiger partial charge in [-0.3, -0.25) is 0 Å². The van der Waals surface area contributed by atoms with E-state index in [1.807, 2.05) is 6.92 Å². The van der Waals surface area contributed by atoms with E-state index < -0.39 is 0 Å². The van der Waals surface area contributed by atoms with Crippen LogP contribution in [0.2, 0.25) is 0 Å². The summed E-state index contributed by atoms with van der Waals surface area (Å²) in [6, 6.07) is 0. The first-order chi connectivity index (χ1) is 5.66. The highest BCUT2D eigenvalue weighted by atomic mass is 16.6. The minimum atomic E-state index is -0.383. The van der Waals surface area contributed by atoms with E-state index in [9.17, 15) is 4.79 Å². The van der Waals surface area contributed by atoms with Gasteiger partial charge >= 0.3 is 5.97 Å². The average Bonchev–Trinajstić information content (AvgIpc) is 2.49. The lowest BCUT2D eigenvalue weighted by Crippen LogP contribution is -2.30. The molecule has 68 valence electrons. The van der Waals surface area contributed by atoms with Gasteiger partial charge in [0.25, 0.3) is 0 Å². The lowest BCUT2D eigenvalue weighted by molar-refractivity contribution is -0.145. The van der Waals surface area contributed by atoms with E-state index in [-0.39, 0.29) is 11.6 Å². The normalized spacial score (nSPS) is 28.4. The summed E-state index contributed by atoms with van der Waals surface area (Å²) in [7, 11) is 0. The highest BCUT2D eigenvalue weighted by Crippen LogP contribution is 2.24. The van der Waals surface area contributed by atoms with Crippen LogP contribution < -0.4 is 0 Å². The van der Waals surface area contributed by atoms with Crippen molar-refractivity contribution < 1.29 is 14.3 Å². The van der Waals surface area contributed by atoms with Crippen LogP contribution in [0.25, 0.3) is 0 Å². The van der Waals surface area contributed by atoms with Gasteiger partial charge in [-0.1, -0.05) is 6.58 Å². The maximum Gasteiger partial charge on any atom is 0.330 e. The van der Waals surface area contributed by atoms with Crippen LogP contribution in [0.1, 0.15) is 19.8 Å². The standard InChI is InChI=1S/C9H14O3/c1-3-8(10)11-7-9(2)5-4-6-12-9/h3H,1,4-7H2,2H3. The molecule has 1 saturated heterocycles. The Morgan fingerprint density at radius 1 is 1.83 bits per heavy atom. The Labute approximate surface area is 72.4 Å². The van der Waals surface area contributed by atoms with Gasteiger partial charge in [-0.05, 0) is 19.8 Å². The Bertz CT molecular complexity index is 180. The molecule has 1 aliphatic rings. The number of carbonyl (C=O) groups is 1. The second kappa shape index (κ2) is 3.72. The van der Waals surface area contributed by atoms with Gasteiger partial charge in [-0.15, -0.1) is 0 Å². The van der Waals surface area contributed by atoms with E-state index in [0.717, 1.165) is 25.5 Å². The fourth-order valence-electron chi connectivity index (χ4n) is 1.23. The maximum atomic E-state index is 10.7. The number of ether oxygens (including phenoxy) is 2. The molecule has 3 nitrogen and oxygen atoms in total. The fourth-order valence-corrected chi connectivity index (χ4v) is 1.23. The largest absolute Gasteiger partial charge is 0.459 e. The van der Waals surface area contributed by atoms with Crippen molar-refractivity contribution >= 4 is 5.97 Å².